The van der Waals surface area contributed by atoms with E-state index in [1.165, 1.54) is 10.4 Å². The van der Waals surface area contributed by atoms with Crippen molar-refractivity contribution in [3.63, 3.8) is 0 Å². The monoisotopic (exact) mass is 375 g/mol. The summed E-state index contributed by atoms with van der Waals surface area (Å²) in [5, 5.41) is 14.2. The molecule has 1 aliphatic carbocycles. The summed E-state index contributed by atoms with van der Waals surface area (Å²) in [6.45, 7) is 2.07. The van der Waals surface area contributed by atoms with Crippen molar-refractivity contribution in [1.29, 1.82) is 0 Å². The molecule has 1 saturated carbocycles. The van der Waals surface area contributed by atoms with Crippen LogP contribution in [0, 0.1) is 12.8 Å². The van der Waals surface area contributed by atoms with E-state index in [9.17, 15) is 14.7 Å². The molecule has 2 aromatic rings. The Balaban J connectivity index is 1.69. The first-order valence-electron chi connectivity index (χ1n) is 8.19. The lowest BCUT2D eigenvalue weighted by Crippen LogP contribution is -2.31. The van der Waals surface area contributed by atoms with Gasteiger partial charge in [-0.3, -0.25) is 9.59 Å². The molecule has 1 fully saturated rings. The minimum atomic E-state index is -0.916. The number of carbonyl (C=O) groups excluding carboxylic acids is 1. The highest BCUT2D eigenvalue weighted by molar-refractivity contribution is 7.98. The summed E-state index contributed by atoms with van der Waals surface area (Å²) in [5.74, 6) is -0.720. The molecule has 1 aromatic heterocycles. The van der Waals surface area contributed by atoms with Crippen LogP contribution >= 0.6 is 23.1 Å². The van der Waals surface area contributed by atoms with Crippen LogP contribution in [-0.4, -0.2) is 23.2 Å². The second-order valence-corrected chi connectivity index (χ2v) is 8.18. The molecule has 1 aliphatic rings. The maximum absolute atomic E-state index is 12.6. The van der Waals surface area contributed by atoms with Crippen LogP contribution in [0.1, 0.15) is 40.8 Å². The van der Waals surface area contributed by atoms with Crippen molar-refractivity contribution in [1.82, 2.24) is 5.32 Å². The molecule has 0 spiro atoms. The predicted octanol–water partition coefficient (Wildman–Crippen LogP) is 4.21. The molecule has 1 amide bonds. The number of carbonyl (C=O) groups is 2. The van der Waals surface area contributed by atoms with E-state index in [4.69, 9.17) is 0 Å². The summed E-state index contributed by atoms with van der Waals surface area (Å²) in [7, 11) is 0. The van der Waals surface area contributed by atoms with Gasteiger partial charge in [0.25, 0.3) is 0 Å². The highest BCUT2D eigenvalue weighted by atomic mass is 32.2. The summed E-state index contributed by atoms with van der Waals surface area (Å²) in [5.41, 5.74) is 2.07. The fraction of sp³-hybridized carbons (Fsp3) is 0.368. The Hall–Kier alpha value is -1.79. The Morgan fingerprint density at radius 1 is 1.32 bits per heavy atom. The molecule has 0 aliphatic heterocycles. The van der Waals surface area contributed by atoms with Crippen LogP contribution in [0.25, 0.3) is 0 Å². The van der Waals surface area contributed by atoms with E-state index in [1.54, 1.807) is 23.1 Å². The Morgan fingerprint density at radius 2 is 2.04 bits per heavy atom. The van der Waals surface area contributed by atoms with Gasteiger partial charge in [0.15, 0.2) is 0 Å². The van der Waals surface area contributed by atoms with Gasteiger partial charge in [0.1, 0.15) is 0 Å². The SMILES string of the molecule is CSc1ccc(C(CC(=O)O)NC(=O)C2CC2c2sccc2C)cc1. The summed E-state index contributed by atoms with van der Waals surface area (Å²) in [4.78, 5) is 26.2. The Kier molecular flexibility index (Phi) is 5.49. The molecule has 1 aromatic carbocycles. The van der Waals surface area contributed by atoms with E-state index >= 15 is 0 Å². The van der Waals surface area contributed by atoms with Crippen molar-refractivity contribution < 1.29 is 14.7 Å². The number of thioether (sulfide) groups is 1. The van der Waals surface area contributed by atoms with E-state index in [1.807, 2.05) is 30.5 Å². The molecule has 3 unspecified atom stereocenters. The number of rotatable bonds is 7. The lowest BCUT2D eigenvalue weighted by Gasteiger charge is -2.18. The molecule has 3 atom stereocenters. The van der Waals surface area contributed by atoms with Crippen LogP contribution in [0.4, 0.5) is 0 Å². The summed E-state index contributed by atoms with van der Waals surface area (Å²) < 4.78 is 0. The third-order valence-electron chi connectivity index (χ3n) is 4.58. The largest absolute Gasteiger partial charge is 0.481 e. The van der Waals surface area contributed by atoms with Gasteiger partial charge >= 0.3 is 5.97 Å². The van der Waals surface area contributed by atoms with Gasteiger partial charge in [-0.1, -0.05) is 12.1 Å². The van der Waals surface area contributed by atoms with E-state index in [2.05, 4.69) is 23.7 Å². The molecule has 0 saturated heterocycles. The zero-order valence-corrected chi connectivity index (χ0v) is 15.8. The van der Waals surface area contributed by atoms with Gasteiger partial charge < -0.3 is 10.4 Å². The van der Waals surface area contributed by atoms with Crippen LogP contribution in [-0.2, 0) is 9.59 Å². The third-order valence-corrected chi connectivity index (χ3v) is 6.47. The Labute approximate surface area is 155 Å². The first-order valence-corrected chi connectivity index (χ1v) is 10.3. The van der Waals surface area contributed by atoms with Gasteiger partial charge in [-0.15, -0.1) is 23.1 Å². The van der Waals surface area contributed by atoms with Crippen molar-refractivity contribution in [2.24, 2.45) is 5.92 Å². The average molecular weight is 376 g/mol. The molecule has 25 heavy (non-hydrogen) atoms. The summed E-state index contributed by atoms with van der Waals surface area (Å²) in [6, 6.07) is 9.28. The maximum atomic E-state index is 12.6. The molecule has 132 valence electrons. The van der Waals surface area contributed by atoms with Crippen molar-refractivity contribution in [3.05, 3.63) is 51.7 Å². The van der Waals surface area contributed by atoms with Crippen LogP contribution in [0.2, 0.25) is 0 Å². The molecule has 0 bridgehead atoms. The van der Waals surface area contributed by atoms with Crippen LogP contribution < -0.4 is 5.32 Å². The number of hydrogen-bond acceptors (Lipinski definition) is 4. The number of carboxylic acid groups (broad SMARTS) is 1. The van der Waals surface area contributed by atoms with Crippen LogP contribution in [0.15, 0.2) is 40.6 Å². The number of hydrogen-bond donors (Lipinski definition) is 2. The summed E-state index contributed by atoms with van der Waals surface area (Å²) in [6.07, 6.45) is 2.73. The number of aryl methyl sites for hydroxylation is 1. The van der Waals surface area contributed by atoms with Gasteiger partial charge in [0.05, 0.1) is 12.5 Å². The first-order chi connectivity index (χ1) is 12.0. The number of amides is 1. The van der Waals surface area contributed by atoms with Gasteiger partial charge in [0, 0.05) is 21.6 Å². The molecule has 1 heterocycles. The normalized spacial score (nSPS) is 20.1. The predicted molar refractivity (Wildman–Crippen MR) is 101 cm³/mol. The second kappa shape index (κ2) is 7.62. The molecule has 3 rings (SSSR count). The lowest BCUT2D eigenvalue weighted by molar-refractivity contribution is -0.137. The minimum absolute atomic E-state index is 0.0425. The van der Waals surface area contributed by atoms with Crippen LogP contribution in [0.5, 0.6) is 0 Å². The van der Waals surface area contributed by atoms with Gasteiger partial charge in [-0.2, -0.15) is 0 Å². The van der Waals surface area contributed by atoms with E-state index in [0.29, 0.717) is 0 Å². The van der Waals surface area contributed by atoms with E-state index < -0.39 is 12.0 Å². The van der Waals surface area contributed by atoms with Crippen molar-refractivity contribution in [3.8, 4) is 0 Å². The third kappa shape index (κ3) is 4.25. The second-order valence-electron chi connectivity index (χ2n) is 6.35. The smallest absolute Gasteiger partial charge is 0.305 e. The zero-order valence-electron chi connectivity index (χ0n) is 14.2. The fourth-order valence-corrected chi connectivity index (χ4v) is 4.60. The Bertz CT molecular complexity index is 769. The van der Waals surface area contributed by atoms with Crippen molar-refractivity contribution in [2.45, 2.75) is 36.6 Å². The highest BCUT2D eigenvalue weighted by Gasteiger charge is 2.45. The molecular weight excluding hydrogens is 354 g/mol. The minimum Gasteiger partial charge on any atom is -0.481 e. The zero-order chi connectivity index (χ0) is 18.0. The topological polar surface area (TPSA) is 66.4 Å². The molecule has 4 nitrogen and oxygen atoms in total. The fourth-order valence-electron chi connectivity index (χ4n) is 3.08. The molecule has 6 heteroatoms. The lowest BCUT2D eigenvalue weighted by atomic mass is 10.0. The molecule has 0 radical (unpaired) electrons. The number of aliphatic carboxylic acids is 1. The van der Waals surface area contributed by atoms with E-state index in [-0.39, 0.29) is 24.2 Å². The number of carboxylic acids is 1. The average Bonchev–Trinajstić information content (AvgIpc) is 3.28. The highest BCUT2D eigenvalue weighted by Crippen LogP contribution is 2.50. The number of nitrogens with one attached hydrogen (secondary N) is 1. The van der Waals surface area contributed by atoms with E-state index in [0.717, 1.165) is 16.9 Å². The first kappa shape index (κ1) is 18.0. The van der Waals surface area contributed by atoms with Gasteiger partial charge in [-0.05, 0) is 54.3 Å². The van der Waals surface area contributed by atoms with Crippen LogP contribution in [0.3, 0.4) is 0 Å². The van der Waals surface area contributed by atoms with Crippen molar-refractivity contribution >= 4 is 35.0 Å². The van der Waals surface area contributed by atoms with Gasteiger partial charge in [0.2, 0.25) is 5.91 Å². The standard InChI is InChI=1S/C19H21NO3S2/c1-11-7-8-25-18(11)14-9-15(14)19(23)20-16(10-17(21)22)12-3-5-13(24-2)6-4-12/h3-8,14-16H,9-10H2,1-2H3,(H,20,23)(H,21,22). The van der Waals surface area contributed by atoms with Crippen molar-refractivity contribution in [2.75, 3.05) is 6.26 Å². The Morgan fingerprint density at radius 3 is 2.60 bits per heavy atom. The quantitative estimate of drug-likeness (QED) is 0.711. The summed E-state index contributed by atoms with van der Waals surface area (Å²) >= 11 is 3.32. The van der Waals surface area contributed by atoms with Gasteiger partial charge in [-0.25, -0.2) is 0 Å². The molecular formula is C19H21NO3S2. The number of thiophene rings is 1. The number of benzene rings is 1. The molecule has 2 N–H and O–H groups in total. The maximum Gasteiger partial charge on any atom is 0.305 e.